The average molecular weight is 308 g/mol. The summed E-state index contributed by atoms with van der Waals surface area (Å²) in [6.07, 6.45) is 2.44. The minimum Gasteiger partial charge on any atom is -0.347 e. The Hall–Kier alpha value is -1.15. The summed E-state index contributed by atoms with van der Waals surface area (Å²) in [4.78, 5) is 11.4. The summed E-state index contributed by atoms with van der Waals surface area (Å²) in [5.74, 6) is -0.375. The predicted octanol–water partition coefficient (Wildman–Crippen LogP) is 0.460. The molecule has 16 heavy (non-hydrogen) atoms. The second kappa shape index (κ2) is 5.26. The van der Waals surface area contributed by atoms with Crippen LogP contribution < -0.4 is 5.32 Å². The maximum atomic E-state index is 11.4. The number of H-pyrrole nitrogens is 1. The molecule has 0 atom stereocenters. The van der Waals surface area contributed by atoms with Crippen molar-refractivity contribution in [1.82, 2.24) is 15.5 Å². The maximum Gasteiger partial charge on any atom is 0.272 e. The molecule has 0 bridgehead atoms. The molecule has 0 aliphatic carbocycles. The summed E-state index contributed by atoms with van der Waals surface area (Å²) in [6.45, 7) is 0.135. The number of carbonyl (C=O) groups is 1. The van der Waals surface area contributed by atoms with Crippen molar-refractivity contribution in [2.75, 3.05) is 12.8 Å². The molecule has 0 aliphatic heterocycles. The van der Waals surface area contributed by atoms with E-state index in [1.807, 2.05) is 0 Å². The van der Waals surface area contributed by atoms with Crippen molar-refractivity contribution in [3.05, 3.63) is 27.8 Å². The van der Waals surface area contributed by atoms with Gasteiger partial charge in [-0.2, -0.15) is 5.10 Å². The van der Waals surface area contributed by atoms with Crippen molar-refractivity contribution in [2.45, 2.75) is 0 Å². The molecule has 0 unspecified atom stereocenters. The number of hydrogen-bond donors (Lipinski definition) is 2. The second-order valence-electron chi connectivity index (χ2n) is 3.01. The molecule has 1 heterocycles. The van der Waals surface area contributed by atoms with Gasteiger partial charge in [-0.15, -0.1) is 0 Å². The normalized spacial score (nSPS) is 11.9. The van der Waals surface area contributed by atoms with Crippen LogP contribution in [-0.2, 0) is 9.84 Å². The van der Waals surface area contributed by atoms with Crippen LogP contribution in [0.4, 0.5) is 0 Å². The van der Waals surface area contributed by atoms with E-state index in [0.717, 1.165) is 11.7 Å². The van der Waals surface area contributed by atoms with Gasteiger partial charge in [0.15, 0.2) is 15.5 Å². The first-order valence-corrected chi connectivity index (χ1v) is 6.99. The lowest BCUT2D eigenvalue weighted by molar-refractivity contribution is 0.0953. The number of aromatic nitrogens is 2. The Bertz CT molecular complexity index is 506. The lowest BCUT2D eigenvalue weighted by Crippen LogP contribution is -2.23. The molecule has 0 saturated carbocycles. The molecule has 6 nitrogen and oxygen atoms in total. The minimum absolute atomic E-state index is 0.135. The number of aromatic amines is 1. The van der Waals surface area contributed by atoms with Crippen LogP contribution in [0.25, 0.3) is 0 Å². The monoisotopic (exact) mass is 307 g/mol. The number of nitrogens with one attached hydrogen (secondary N) is 2. The molecule has 1 aromatic heterocycles. The summed E-state index contributed by atoms with van der Waals surface area (Å²) in [5.41, 5.74) is 0.236. The van der Waals surface area contributed by atoms with Crippen LogP contribution in [0.1, 0.15) is 10.5 Å². The van der Waals surface area contributed by atoms with Gasteiger partial charge in [-0.05, 0) is 15.9 Å². The van der Waals surface area contributed by atoms with Gasteiger partial charge in [-0.1, -0.05) is 6.08 Å². The number of rotatable bonds is 4. The first-order valence-electron chi connectivity index (χ1n) is 4.24. The van der Waals surface area contributed by atoms with Crippen molar-refractivity contribution in [3.63, 3.8) is 0 Å². The third kappa shape index (κ3) is 4.58. The molecule has 2 N–H and O–H groups in total. The summed E-state index contributed by atoms with van der Waals surface area (Å²) in [6, 6.07) is 1.52. The Labute approximate surface area is 101 Å². The number of amides is 1. The molecule has 0 aromatic carbocycles. The molecule has 0 radical (unpaired) electrons. The molecule has 0 saturated heterocycles. The highest BCUT2D eigenvalue weighted by molar-refractivity contribution is 9.10. The number of sulfone groups is 1. The first-order chi connectivity index (χ1) is 7.38. The number of carbonyl (C=O) groups excluding carboxylic acids is 1. The lowest BCUT2D eigenvalue weighted by Gasteiger charge is -1.97. The SMILES string of the molecule is CS(=O)(=O)/C=C/CNC(=O)c1cc(Br)[nH]n1. The molecule has 88 valence electrons. The Morgan fingerprint density at radius 1 is 1.69 bits per heavy atom. The van der Waals surface area contributed by atoms with E-state index in [4.69, 9.17) is 0 Å². The zero-order chi connectivity index (χ0) is 12.2. The van der Waals surface area contributed by atoms with E-state index >= 15 is 0 Å². The van der Waals surface area contributed by atoms with E-state index in [0.29, 0.717) is 4.60 Å². The van der Waals surface area contributed by atoms with Crippen LogP contribution in [-0.4, -0.2) is 37.3 Å². The first kappa shape index (κ1) is 12.9. The summed E-state index contributed by atoms with van der Waals surface area (Å²) < 4.78 is 22.1. The zero-order valence-electron chi connectivity index (χ0n) is 8.40. The highest BCUT2D eigenvalue weighted by Gasteiger charge is 2.07. The van der Waals surface area contributed by atoms with Gasteiger partial charge in [0.05, 0.1) is 0 Å². The van der Waals surface area contributed by atoms with E-state index in [9.17, 15) is 13.2 Å². The zero-order valence-corrected chi connectivity index (χ0v) is 10.8. The molecule has 8 heteroatoms. The van der Waals surface area contributed by atoms with Crippen LogP contribution in [0.15, 0.2) is 22.2 Å². The maximum absolute atomic E-state index is 11.4. The Morgan fingerprint density at radius 3 is 2.88 bits per heavy atom. The topological polar surface area (TPSA) is 91.9 Å². The van der Waals surface area contributed by atoms with E-state index < -0.39 is 9.84 Å². The van der Waals surface area contributed by atoms with Gasteiger partial charge in [0.2, 0.25) is 0 Å². The molecular weight excluding hydrogens is 298 g/mol. The van der Waals surface area contributed by atoms with Gasteiger partial charge < -0.3 is 5.32 Å². The largest absolute Gasteiger partial charge is 0.347 e. The molecule has 0 fully saturated rings. The van der Waals surface area contributed by atoms with Gasteiger partial charge in [0.25, 0.3) is 5.91 Å². The van der Waals surface area contributed by atoms with Gasteiger partial charge in [0, 0.05) is 24.3 Å². The van der Waals surface area contributed by atoms with Crippen LogP contribution in [0.2, 0.25) is 0 Å². The van der Waals surface area contributed by atoms with Crippen molar-refractivity contribution in [1.29, 1.82) is 0 Å². The highest BCUT2D eigenvalue weighted by Crippen LogP contribution is 2.05. The smallest absolute Gasteiger partial charge is 0.272 e. The fraction of sp³-hybridized carbons (Fsp3) is 0.250. The van der Waals surface area contributed by atoms with Gasteiger partial charge in [-0.3, -0.25) is 9.89 Å². The molecule has 1 aromatic rings. The Kier molecular flexibility index (Phi) is 4.25. The minimum atomic E-state index is -3.14. The van der Waals surface area contributed by atoms with E-state index in [2.05, 4.69) is 31.4 Å². The van der Waals surface area contributed by atoms with E-state index in [1.54, 1.807) is 0 Å². The van der Waals surface area contributed by atoms with Gasteiger partial charge in [-0.25, -0.2) is 8.42 Å². The molecule has 0 aliphatic rings. The van der Waals surface area contributed by atoms with Gasteiger partial charge in [0.1, 0.15) is 4.60 Å². The third-order valence-electron chi connectivity index (χ3n) is 1.50. The van der Waals surface area contributed by atoms with Crippen molar-refractivity contribution < 1.29 is 13.2 Å². The lowest BCUT2D eigenvalue weighted by atomic mass is 10.4. The van der Waals surface area contributed by atoms with Crippen molar-refractivity contribution in [3.8, 4) is 0 Å². The Balaban J connectivity index is 2.46. The Morgan fingerprint density at radius 2 is 2.38 bits per heavy atom. The quantitative estimate of drug-likeness (QED) is 0.845. The van der Waals surface area contributed by atoms with Crippen LogP contribution in [0.5, 0.6) is 0 Å². The van der Waals surface area contributed by atoms with Crippen LogP contribution in [0.3, 0.4) is 0 Å². The summed E-state index contributed by atoms with van der Waals surface area (Å²) in [5, 5.41) is 9.80. The molecule has 1 amide bonds. The number of nitrogens with zero attached hydrogens (tertiary/aromatic N) is 1. The highest BCUT2D eigenvalue weighted by atomic mass is 79.9. The number of hydrogen-bond acceptors (Lipinski definition) is 4. The van der Waals surface area contributed by atoms with E-state index in [-0.39, 0.29) is 18.1 Å². The third-order valence-corrected chi connectivity index (χ3v) is 2.60. The average Bonchev–Trinajstić information content (AvgIpc) is 2.57. The van der Waals surface area contributed by atoms with Crippen molar-refractivity contribution in [2.24, 2.45) is 0 Å². The van der Waals surface area contributed by atoms with Crippen LogP contribution in [0, 0.1) is 0 Å². The predicted molar refractivity (Wildman–Crippen MR) is 62.6 cm³/mol. The van der Waals surface area contributed by atoms with Crippen molar-refractivity contribution >= 4 is 31.7 Å². The molecule has 1 rings (SSSR count). The van der Waals surface area contributed by atoms with Gasteiger partial charge >= 0.3 is 0 Å². The summed E-state index contributed by atoms with van der Waals surface area (Å²) in [7, 11) is -3.14. The standard InChI is InChI=1S/C8H10BrN3O3S/c1-16(14,15)4-2-3-10-8(13)6-5-7(9)12-11-6/h2,4-5H,3H2,1H3,(H,10,13)(H,11,12)/b4-2+. The van der Waals surface area contributed by atoms with E-state index in [1.165, 1.54) is 12.1 Å². The van der Waals surface area contributed by atoms with Crippen LogP contribution >= 0.6 is 15.9 Å². The summed E-state index contributed by atoms with van der Waals surface area (Å²) >= 11 is 3.12. The number of halogens is 1. The molecule has 0 spiro atoms. The fourth-order valence-corrected chi connectivity index (χ4v) is 1.63. The molecular formula is C8H10BrN3O3S. The fourth-order valence-electron chi connectivity index (χ4n) is 0.880. The second-order valence-corrected chi connectivity index (χ2v) is 5.80.